The molecule has 2 aromatic heterocycles. The molecule has 0 saturated heterocycles. The van der Waals surface area contributed by atoms with E-state index in [9.17, 15) is 14.4 Å². The monoisotopic (exact) mass is 419 g/mol. The van der Waals surface area contributed by atoms with Gasteiger partial charge in [-0.15, -0.1) is 11.3 Å². The molecule has 3 aromatic rings. The van der Waals surface area contributed by atoms with Crippen molar-refractivity contribution in [2.24, 2.45) is 0 Å². The molecule has 1 aromatic carbocycles. The number of halogens is 1. The van der Waals surface area contributed by atoms with E-state index in [4.69, 9.17) is 16.3 Å². The number of anilines is 1. The summed E-state index contributed by atoms with van der Waals surface area (Å²) in [5, 5.41) is 3.50. The Labute approximate surface area is 169 Å². The Morgan fingerprint density at radius 1 is 1.36 bits per heavy atom. The Balaban J connectivity index is 1.87. The number of ether oxygens (including phenoxy) is 1. The molecule has 0 aliphatic heterocycles. The molecule has 0 unspecified atom stereocenters. The van der Waals surface area contributed by atoms with Crippen LogP contribution >= 0.6 is 22.9 Å². The lowest BCUT2D eigenvalue weighted by molar-refractivity contribution is -0.116. The van der Waals surface area contributed by atoms with Crippen LogP contribution in [0.25, 0.3) is 10.2 Å². The number of carbonyl (C=O) groups excluding carboxylic acids is 2. The summed E-state index contributed by atoms with van der Waals surface area (Å²) in [6, 6.07) is 6.72. The fraction of sp³-hybridized carbons (Fsp3) is 0.263. The van der Waals surface area contributed by atoms with Crippen molar-refractivity contribution in [3.8, 4) is 0 Å². The molecule has 0 bridgehead atoms. The van der Waals surface area contributed by atoms with Crippen molar-refractivity contribution >= 4 is 50.7 Å². The highest BCUT2D eigenvalue weighted by atomic mass is 35.5. The molecule has 28 heavy (non-hydrogen) atoms. The number of hydrogen-bond donors (Lipinski definition) is 1. The highest BCUT2D eigenvalue weighted by molar-refractivity contribution is 7.20. The van der Waals surface area contributed by atoms with Gasteiger partial charge < -0.3 is 10.1 Å². The van der Waals surface area contributed by atoms with Gasteiger partial charge in [0.25, 0.3) is 5.56 Å². The second-order valence-electron chi connectivity index (χ2n) is 6.43. The number of fused-ring (bicyclic) bond motifs is 1. The van der Waals surface area contributed by atoms with Gasteiger partial charge in [-0.3, -0.25) is 14.2 Å². The first-order valence-electron chi connectivity index (χ1n) is 8.51. The minimum atomic E-state index is -0.486. The third kappa shape index (κ3) is 4.23. The molecule has 1 amide bonds. The number of hydrogen-bond acceptors (Lipinski definition) is 6. The standard InChI is InChI=1S/C19H18ClN3O4S/c1-10(2)27-19(26)16-11(3)15-17(28-16)21-9-23(18(15)25)8-14(24)22-13-6-4-5-12(20)7-13/h4-7,9-10H,8H2,1-3H3,(H,22,24). The summed E-state index contributed by atoms with van der Waals surface area (Å²) in [6.07, 6.45) is 1.03. The van der Waals surface area contributed by atoms with E-state index in [0.29, 0.717) is 31.4 Å². The molecule has 0 fully saturated rings. The maximum absolute atomic E-state index is 12.8. The molecule has 0 saturated carbocycles. The number of nitrogens with zero attached hydrogens (tertiary/aromatic N) is 2. The molecule has 1 N–H and O–H groups in total. The topological polar surface area (TPSA) is 90.3 Å². The Morgan fingerprint density at radius 2 is 2.11 bits per heavy atom. The second-order valence-corrected chi connectivity index (χ2v) is 7.86. The van der Waals surface area contributed by atoms with Crippen molar-refractivity contribution in [3.05, 3.63) is 56.4 Å². The van der Waals surface area contributed by atoms with Crippen LogP contribution in [0.1, 0.15) is 29.1 Å². The van der Waals surface area contributed by atoms with Crippen LogP contribution in [0.3, 0.4) is 0 Å². The quantitative estimate of drug-likeness (QED) is 0.638. The van der Waals surface area contributed by atoms with E-state index in [-0.39, 0.29) is 18.2 Å². The molecule has 0 aliphatic rings. The van der Waals surface area contributed by atoms with E-state index in [0.717, 1.165) is 11.3 Å². The Hall–Kier alpha value is -2.71. The van der Waals surface area contributed by atoms with Crippen LogP contribution < -0.4 is 10.9 Å². The Bertz CT molecular complexity index is 1120. The summed E-state index contributed by atoms with van der Waals surface area (Å²) in [5.74, 6) is -0.877. The maximum atomic E-state index is 12.8. The van der Waals surface area contributed by atoms with Gasteiger partial charge in [0.05, 0.1) is 17.8 Å². The number of benzene rings is 1. The van der Waals surface area contributed by atoms with Crippen LogP contribution in [-0.4, -0.2) is 27.5 Å². The van der Waals surface area contributed by atoms with E-state index < -0.39 is 11.9 Å². The minimum Gasteiger partial charge on any atom is -0.459 e. The van der Waals surface area contributed by atoms with Crippen molar-refractivity contribution in [3.63, 3.8) is 0 Å². The van der Waals surface area contributed by atoms with Crippen LogP contribution in [-0.2, 0) is 16.1 Å². The summed E-state index contributed by atoms with van der Waals surface area (Å²) < 4.78 is 6.43. The SMILES string of the molecule is Cc1c(C(=O)OC(C)C)sc2ncn(CC(=O)Nc3cccc(Cl)c3)c(=O)c12. The molecular formula is C19H18ClN3O4S. The molecular weight excluding hydrogens is 402 g/mol. The minimum absolute atomic E-state index is 0.213. The summed E-state index contributed by atoms with van der Waals surface area (Å²) in [4.78, 5) is 42.3. The number of amides is 1. The first-order chi connectivity index (χ1) is 13.3. The molecule has 7 nitrogen and oxygen atoms in total. The fourth-order valence-corrected chi connectivity index (χ4v) is 3.87. The summed E-state index contributed by atoms with van der Waals surface area (Å²) >= 11 is 7.01. The lowest BCUT2D eigenvalue weighted by atomic mass is 10.2. The van der Waals surface area contributed by atoms with Gasteiger partial charge in [0.15, 0.2) is 0 Å². The van der Waals surface area contributed by atoms with Crippen LogP contribution in [0.4, 0.5) is 5.69 Å². The number of aromatic nitrogens is 2. The first-order valence-corrected chi connectivity index (χ1v) is 9.70. The second kappa shape index (κ2) is 8.12. The maximum Gasteiger partial charge on any atom is 0.348 e. The van der Waals surface area contributed by atoms with Gasteiger partial charge in [0, 0.05) is 10.7 Å². The predicted molar refractivity (Wildman–Crippen MR) is 109 cm³/mol. The van der Waals surface area contributed by atoms with Gasteiger partial charge >= 0.3 is 5.97 Å². The van der Waals surface area contributed by atoms with E-state index in [1.54, 1.807) is 45.0 Å². The molecule has 3 rings (SSSR count). The molecule has 0 aliphatic carbocycles. The third-order valence-corrected chi connectivity index (χ3v) is 5.28. The van der Waals surface area contributed by atoms with E-state index in [1.165, 1.54) is 10.9 Å². The van der Waals surface area contributed by atoms with E-state index in [1.807, 2.05) is 0 Å². The Kier molecular flexibility index (Phi) is 5.81. The van der Waals surface area contributed by atoms with Gasteiger partial charge in [-0.1, -0.05) is 17.7 Å². The number of thiophene rings is 1. The molecule has 0 radical (unpaired) electrons. The summed E-state index contributed by atoms with van der Waals surface area (Å²) in [5.41, 5.74) is 0.654. The van der Waals surface area contributed by atoms with Gasteiger partial charge in [-0.2, -0.15) is 0 Å². The highest BCUT2D eigenvalue weighted by Crippen LogP contribution is 2.27. The average molecular weight is 420 g/mol. The third-order valence-electron chi connectivity index (χ3n) is 3.87. The average Bonchev–Trinajstić information content (AvgIpc) is 2.94. The van der Waals surface area contributed by atoms with Crippen molar-refractivity contribution in [1.29, 1.82) is 0 Å². The Morgan fingerprint density at radius 3 is 2.79 bits per heavy atom. The van der Waals surface area contributed by atoms with Gasteiger partial charge in [0.2, 0.25) is 5.91 Å². The van der Waals surface area contributed by atoms with Gasteiger partial charge in [0.1, 0.15) is 16.3 Å². The van der Waals surface area contributed by atoms with E-state index in [2.05, 4.69) is 10.3 Å². The number of carbonyl (C=O) groups is 2. The van der Waals surface area contributed by atoms with Crippen LogP contribution in [0.15, 0.2) is 35.4 Å². The molecule has 0 atom stereocenters. The fourth-order valence-electron chi connectivity index (χ4n) is 2.66. The van der Waals surface area contributed by atoms with Crippen molar-refractivity contribution in [2.45, 2.75) is 33.4 Å². The number of aryl methyl sites for hydroxylation is 1. The zero-order valence-corrected chi connectivity index (χ0v) is 17.1. The summed E-state index contributed by atoms with van der Waals surface area (Å²) in [6.45, 7) is 4.97. The van der Waals surface area contributed by atoms with E-state index >= 15 is 0 Å². The van der Waals surface area contributed by atoms with Crippen molar-refractivity contribution in [2.75, 3.05) is 5.32 Å². The lowest BCUT2D eigenvalue weighted by Gasteiger charge is -2.08. The number of nitrogens with one attached hydrogen (secondary N) is 1. The van der Waals surface area contributed by atoms with Crippen molar-refractivity contribution < 1.29 is 14.3 Å². The van der Waals surface area contributed by atoms with Crippen LogP contribution in [0, 0.1) is 6.92 Å². The molecule has 146 valence electrons. The molecule has 9 heteroatoms. The molecule has 0 spiro atoms. The van der Waals surface area contributed by atoms with Crippen LogP contribution in [0.5, 0.6) is 0 Å². The highest BCUT2D eigenvalue weighted by Gasteiger charge is 2.21. The largest absolute Gasteiger partial charge is 0.459 e. The summed E-state index contributed by atoms with van der Waals surface area (Å²) in [7, 11) is 0. The number of rotatable bonds is 5. The van der Waals surface area contributed by atoms with Crippen molar-refractivity contribution in [1.82, 2.24) is 9.55 Å². The molecule has 2 heterocycles. The zero-order valence-electron chi connectivity index (χ0n) is 15.5. The van der Waals surface area contributed by atoms with Gasteiger partial charge in [-0.05, 0) is 44.5 Å². The predicted octanol–water partition coefficient (Wildman–Crippen LogP) is 3.62. The zero-order chi connectivity index (χ0) is 20.4. The first kappa shape index (κ1) is 20.0. The van der Waals surface area contributed by atoms with Gasteiger partial charge in [-0.25, -0.2) is 9.78 Å². The number of esters is 1. The smallest absolute Gasteiger partial charge is 0.348 e. The van der Waals surface area contributed by atoms with Crippen LogP contribution in [0.2, 0.25) is 5.02 Å². The normalized spacial score (nSPS) is 11.0. The lowest BCUT2D eigenvalue weighted by Crippen LogP contribution is -2.27.